The van der Waals surface area contributed by atoms with Crippen molar-refractivity contribution < 1.29 is 18.9 Å². The van der Waals surface area contributed by atoms with Crippen molar-refractivity contribution in [3.05, 3.63) is 154 Å². The molecule has 0 aliphatic rings. The summed E-state index contributed by atoms with van der Waals surface area (Å²) in [4.78, 5) is 0. The van der Waals surface area contributed by atoms with E-state index >= 15 is 0 Å². The zero-order valence-corrected chi connectivity index (χ0v) is 57.1. The molecule has 0 N–H and O–H groups in total. The Hall–Kier alpha value is -6.46. The van der Waals surface area contributed by atoms with Gasteiger partial charge < -0.3 is 18.9 Å². The summed E-state index contributed by atoms with van der Waals surface area (Å²) in [6, 6.07) is 36.8. The van der Waals surface area contributed by atoms with Gasteiger partial charge in [-0.2, -0.15) is 0 Å². The van der Waals surface area contributed by atoms with Gasteiger partial charge in [0.05, 0.1) is 26.4 Å². The van der Waals surface area contributed by atoms with Crippen molar-refractivity contribution in [3.63, 3.8) is 0 Å². The maximum Gasteiger partial charge on any atom is 0.162 e. The van der Waals surface area contributed by atoms with E-state index in [1.54, 1.807) is 0 Å². The minimum atomic E-state index is 0.641. The third-order valence-electron chi connectivity index (χ3n) is 17.0. The molecule has 0 amide bonds. The van der Waals surface area contributed by atoms with E-state index in [-0.39, 0.29) is 0 Å². The molecule has 486 valence electrons. The molecule has 4 heteroatoms. The maximum atomic E-state index is 6.63. The molecule has 0 radical (unpaired) electrons. The van der Waals surface area contributed by atoms with Gasteiger partial charge in [-0.05, 0) is 74.2 Å². The van der Waals surface area contributed by atoms with E-state index in [0.29, 0.717) is 26.4 Å². The van der Waals surface area contributed by atoms with Crippen LogP contribution in [-0.2, 0) is 0 Å². The Kier molecular flexibility index (Phi) is 42.2. The van der Waals surface area contributed by atoms with Crippen LogP contribution in [0.2, 0.25) is 0 Å². The summed E-state index contributed by atoms with van der Waals surface area (Å²) in [6.07, 6.45) is 51.2. The predicted molar refractivity (Wildman–Crippen MR) is 385 cm³/mol. The molecule has 0 aliphatic heterocycles. The van der Waals surface area contributed by atoms with Gasteiger partial charge in [0.25, 0.3) is 0 Å². The highest BCUT2D eigenvalue weighted by Crippen LogP contribution is 2.34. The minimum Gasteiger partial charge on any atom is -0.490 e. The van der Waals surface area contributed by atoms with Crippen LogP contribution >= 0.6 is 0 Å². The molecule has 90 heavy (non-hydrogen) atoms. The Morgan fingerprint density at radius 1 is 0.200 bits per heavy atom. The van der Waals surface area contributed by atoms with Crippen LogP contribution in [0.4, 0.5) is 0 Å². The van der Waals surface area contributed by atoms with Gasteiger partial charge in [0.15, 0.2) is 23.0 Å². The molecule has 0 spiro atoms. The van der Waals surface area contributed by atoms with E-state index in [4.69, 9.17) is 18.9 Å². The Labute approximate surface area is 551 Å². The van der Waals surface area contributed by atoms with Crippen LogP contribution in [-0.4, -0.2) is 26.4 Å². The topological polar surface area (TPSA) is 36.9 Å². The van der Waals surface area contributed by atoms with Crippen LogP contribution in [0, 0.1) is 47.4 Å². The molecule has 0 aliphatic carbocycles. The van der Waals surface area contributed by atoms with Crippen molar-refractivity contribution in [2.45, 2.75) is 285 Å². The molecule has 0 atom stereocenters. The van der Waals surface area contributed by atoms with E-state index in [1.807, 2.05) is 60.7 Å². The zero-order chi connectivity index (χ0) is 63.3. The molecule has 0 saturated carbocycles. The normalized spacial score (nSPS) is 10.7. The molecule has 5 aromatic carbocycles. The highest BCUT2D eigenvalue weighted by atomic mass is 16.5. The Balaban J connectivity index is 1.36. The lowest BCUT2D eigenvalue weighted by Gasteiger charge is -2.15. The number of ether oxygens (including phenoxy) is 4. The zero-order valence-electron chi connectivity index (χ0n) is 57.1. The largest absolute Gasteiger partial charge is 0.490 e. The van der Waals surface area contributed by atoms with Crippen molar-refractivity contribution in [1.29, 1.82) is 0 Å². The monoisotopic (exact) mass is 1210 g/mol. The maximum absolute atomic E-state index is 6.63. The fraction of sp³-hybridized carbons (Fsp3) is 0.558. The lowest BCUT2D eigenvalue weighted by atomic mass is 10.0. The van der Waals surface area contributed by atoms with Crippen molar-refractivity contribution in [2.24, 2.45) is 0 Å². The van der Waals surface area contributed by atoms with E-state index in [0.717, 1.165) is 106 Å². The van der Waals surface area contributed by atoms with Gasteiger partial charge in [0, 0.05) is 68.8 Å². The Morgan fingerprint density at radius 2 is 0.378 bits per heavy atom. The average Bonchev–Trinajstić information content (AvgIpc) is 3.60. The van der Waals surface area contributed by atoms with Gasteiger partial charge in [-0.25, -0.2) is 0 Å². The lowest BCUT2D eigenvalue weighted by molar-refractivity contribution is 0.258. The van der Waals surface area contributed by atoms with Gasteiger partial charge in [-0.3, -0.25) is 0 Å². The first-order valence-electron chi connectivity index (χ1n) is 36.8. The van der Waals surface area contributed by atoms with Gasteiger partial charge in [-0.15, -0.1) is 0 Å². The van der Waals surface area contributed by atoms with Crippen LogP contribution in [0.3, 0.4) is 0 Å². The van der Waals surface area contributed by atoms with Gasteiger partial charge in [0.2, 0.25) is 0 Å². The lowest BCUT2D eigenvalue weighted by Crippen LogP contribution is -2.04. The van der Waals surface area contributed by atoms with Gasteiger partial charge in [-0.1, -0.05) is 343 Å². The van der Waals surface area contributed by atoms with Crippen LogP contribution in [0.1, 0.15) is 329 Å². The summed E-state index contributed by atoms with van der Waals surface area (Å²) in [5.74, 6) is 30.8. The molecular formula is C86H118O4. The van der Waals surface area contributed by atoms with Crippen LogP contribution < -0.4 is 18.9 Å². The molecule has 4 nitrogen and oxygen atoms in total. The van der Waals surface area contributed by atoms with E-state index in [9.17, 15) is 0 Å². The number of unbranched alkanes of at least 4 members (excludes halogenated alkanes) is 36. The SMILES string of the molecule is CCCCCCCCCCCCOc1cc(C#Cc2ccccc2)c(C#Cc2ccc(C#Cc3cc(OCCCCCCCCCCCC)c(OCCCCCCCCCCCC)cc3C#Cc3ccccc3)cc2)cc1OCCCCCCCCCCCC. The predicted octanol–water partition coefficient (Wildman–Crippen LogP) is 24.5. The molecule has 5 aromatic rings. The Bertz CT molecular complexity index is 2670. The summed E-state index contributed by atoms with van der Waals surface area (Å²) >= 11 is 0. The number of hydrogen-bond donors (Lipinski definition) is 0. The first-order valence-corrected chi connectivity index (χ1v) is 36.8. The standard InChI is InChI=1S/C86H118O4/c1-5-9-13-17-21-25-29-33-37-47-67-87-83-71-79(63-59-75-51-43-41-44-52-75)81(73-85(83)89-69-49-39-35-31-27-23-19-15-11-7-3)65-61-77-55-57-78(58-56-77)62-66-82-74-86(90-70-50-40-36-32-28-24-20-16-12-8-4)84(72-80(82)64-60-76-53-45-42-46-54-76)88-68-48-38-34-30-26-22-18-14-10-6-2/h41-46,51-58,71-74H,5-40,47-50,67-70H2,1-4H3. The summed E-state index contributed by atoms with van der Waals surface area (Å²) in [5.41, 5.74) is 6.97. The third-order valence-corrected chi connectivity index (χ3v) is 17.0. The van der Waals surface area contributed by atoms with Crippen molar-refractivity contribution in [3.8, 4) is 70.4 Å². The van der Waals surface area contributed by atoms with Gasteiger partial charge >= 0.3 is 0 Å². The van der Waals surface area contributed by atoms with E-state index < -0.39 is 0 Å². The third kappa shape index (κ3) is 34.7. The Morgan fingerprint density at radius 3 is 0.578 bits per heavy atom. The second-order valence-corrected chi connectivity index (χ2v) is 25.1. The van der Waals surface area contributed by atoms with E-state index in [1.165, 1.54) is 218 Å². The van der Waals surface area contributed by atoms with Crippen molar-refractivity contribution in [1.82, 2.24) is 0 Å². The van der Waals surface area contributed by atoms with E-state index in [2.05, 4.69) is 124 Å². The quantitative estimate of drug-likeness (QED) is 0.0287. The minimum absolute atomic E-state index is 0.641. The van der Waals surface area contributed by atoms with Crippen LogP contribution in [0.15, 0.2) is 109 Å². The highest BCUT2D eigenvalue weighted by Gasteiger charge is 2.14. The highest BCUT2D eigenvalue weighted by molar-refractivity contribution is 5.63. The summed E-state index contributed by atoms with van der Waals surface area (Å²) in [5, 5.41) is 0. The number of rotatable bonds is 48. The van der Waals surface area contributed by atoms with Crippen molar-refractivity contribution in [2.75, 3.05) is 26.4 Å². The fourth-order valence-corrected chi connectivity index (χ4v) is 11.3. The fourth-order valence-electron chi connectivity index (χ4n) is 11.3. The molecule has 0 aromatic heterocycles. The van der Waals surface area contributed by atoms with Gasteiger partial charge in [0.1, 0.15) is 0 Å². The summed E-state index contributed by atoms with van der Waals surface area (Å²) < 4.78 is 26.5. The molecule has 0 bridgehead atoms. The first kappa shape index (κ1) is 74.3. The average molecular weight is 1220 g/mol. The summed E-state index contributed by atoms with van der Waals surface area (Å²) in [6.45, 7) is 11.7. The van der Waals surface area contributed by atoms with Crippen LogP contribution in [0.25, 0.3) is 0 Å². The number of hydrogen-bond acceptors (Lipinski definition) is 4. The molecule has 0 unspecified atom stereocenters. The number of benzene rings is 5. The summed E-state index contributed by atoms with van der Waals surface area (Å²) in [7, 11) is 0. The smallest absolute Gasteiger partial charge is 0.162 e. The van der Waals surface area contributed by atoms with Crippen molar-refractivity contribution >= 4 is 0 Å². The second-order valence-electron chi connectivity index (χ2n) is 25.1. The second kappa shape index (κ2) is 51.2. The molecule has 0 heterocycles. The molecule has 0 fully saturated rings. The first-order chi connectivity index (χ1) is 44.6. The molecule has 0 saturated heterocycles. The molecule has 5 rings (SSSR count). The van der Waals surface area contributed by atoms with Crippen LogP contribution in [0.5, 0.6) is 23.0 Å². The molecular weight excluding hydrogens is 1100 g/mol.